The third kappa shape index (κ3) is 36.6. The molecule has 0 amide bonds. The van der Waals surface area contributed by atoms with E-state index in [1.165, 1.54) is 21.3 Å². The fourth-order valence-electron chi connectivity index (χ4n) is 0.577. The van der Waals surface area contributed by atoms with Gasteiger partial charge in [0.2, 0.25) is 0 Å². The van der Waals surface area contributed by atoms with Gasteiger partial charge < -0.3 is 50.0 Å². The summed E-state index contributed by atoms with van der Waals surface area (Å²) in [5.74, 6) is 0. The molecule has 0 aliphatic rings. The number of rotatable bonds is 6. The predicted molar refractivity (Wildman–Crippen MR) is 76.6 cm³/mol. The van der Waals surface area contributed by atoms with Crippen LogP contribution in [-0.2, 0) is 25.3 Å². The molecule has 0 rings (SSSR count). The van der Waals surface area contributed by atoms with Gasteiger partial charge in [-0.1, -0.05) is 0 Å². The minimum Gasteiger partial charge on any atom is -1.00 e. The van der Waals surface area contributed by atoms with Crippen LogP contribution in [0.15, 0.2) is 0 Å². The summed E-state index contributed by atoms with van der Waals surface area (Å²) in [5.41, 5.74) is 0. The van der Waals surface area contributed by atoms with E-state index in [9.17, 15) is 0 Å². The van der Waals surface area contributed by atoms with Crippen LogP contribution in [0.4, 0.5) is 0 Å². The van der Waals surface area contributed by atoms with E-state index >= 15 is 0 Å². The molecule has 0 aromatic rings. The van der Waals surface area contributed by atoms with Gasteiger partial charge in [0, 0.05) is 51.1 Å². The zero-order chi connectivity index (χ0) is 11.4. The molecule has 0 unspecified atom stereocenters. The molecule has 0 atom stereocenters. The van der Waals surface area contributed by atoms with E-state index in [1.807, 2.05) is 0 Å². The molecular formula is C6H25AlB2Cl2LiN2O6. The van der Waals surface area contributed by atoms with Crippen molar-refractivity contribution in [2.75, 3.05) is 42.7 Å². The zero-order valence-corrected chi connectivity index (χ0v) is 16.1. The average Bonchev–Trinajstić information content (AvgIpc) is 2.24. The summed E-state index contributed by atoms with van der Waals surface area (Å²) >= 11 is -1.67. The molecule has 0 bridgehead atoms. The Morgan fingerprint density at radius 1 is 0.700 bits per heavy atom. The first-order chi connectivity index (χ1) is 6.69. The fraction of sp³-hybridized carbons (Fsp3) is 1.00. The first kappa shape index (κ1) is 49.6. The van der Waals surface area contributed by atoms with Crippen molar-refractivity contribution in [3.8, 4) is 0 Å². The van der Waals surface area contributed by atoms with Crippen molar-refractivity contribution >= 4 is 43.3 Å². The van der Waals surface area contributed by atoms with Crippen LogP contribution in [0.2, 0.25) is 0 Å². The molecule has 0 fully saturated rings. The molecule has 0 saturated heterocycles. The maximum absolute atomic E-state index is 4.74. The summed E-state index contributed by atoms with van der Waals surface area (Å²) in [5, 5.41) is 0. The van der Waals surface area contributed by atoms with Gasteiger partial charge in [0.05, 0.1) is 0 Å². The molecule has 20 heavy (non-hydrogen) atoms. The maximum Gasteiger partial charge on any atom is 1.00 e. The molecule has 0 saturated carbocycles. The summed E-state index contributed by atoms with van der Waals surface area (Å²) in [4.78, 5) is 0. The van der Waals surface area contributed by atoms with Gasteiger partial charge in [-0.3, -0.25) is 0 Å². The van der Waals surface area contributed by atoms with E-state index in [0.29, 0.717) is 0 Å². The van der Waals surface area contributed by atoms with Gasteiger partial charge in [-0.25, -0.2) is 0 Å². The van der Waals surface area contributed by atoms with Crippen molar-refractivity contribution in [3.05, 3.63) is 0 Å². The minimum atomic E-state index is -1.67. The van der Waals surface area contributed by atoms with Gasteiger partial charge in [0.1, 0.15) is 0 Å². The van der Waals surface area contributed by atoms with E-state index in [0.717, 1.165) is 0 Å². The molecular weight excluding hydrogens is 323 g/mol. The van der Waals surface area contributed by atoms with Gasteiger partial charge in [-0.05, 0) is 0 Å². The maximum atomic E-state index is 4.74. The minimum absolute atomic E-state index is 0. The Labute approximate surface area is 154 Å². The van der Waals surface area contributed by atoms with Gasteiger partial charge >= 0.3 is 41.3 Å². The van der Waals surface area contributed by atoms with Crippen LogP contribution < -0.4 is 43.6 Å². The molecule has 119 valence electrons. The predicted octanol–water partition coefficient (Wildman–Crippen LogP) is -5.81. The third-order valence-electron chi connectivity index (χ3n) is 1.15. The SMILES string of the molecule is COB(OC)OC.C[O][Al]([O]C)[O]C.Cl.N.N.[B].[Cl-].[Li+]. The first-order valence-electron chi connectivity index (χ1n) is 3.86. The normalized spacial score (nSPS) is 6.30. The van der Waals surface area contributed by atoms with Crippen LogP contribution in [0.25, 0.3) is 0 Å². The van der Waals surface area contributed by atoms with Crippen molar-refractivity contribution in [2.24, 2.45) is 0 Å². The Kier molecular flexibility index (Phi) is 106. The van der Waals surface area contributed by atoms with Gasteiger partial charge in [0.15, 0.2) is 0 Å². The molecule has 3 radical (unpaired) electrons. The summed E-state index contributed by atoms with van der Waals surface area (Å²) in [6.07, 6.45) is 0. The second-order valence-electron chi connectivity index (χ2n) is 1.99. The van der Waals surface area contributed by atoms with Gasteiger partial charge in [0.25, 0.3) is 0 Å². The summed E-state index contributed by atoms with van der Waals surface area (Å²) in [6.45, 7) is 0. The van der Waals surface area contributed by atoms with Gasteiger partial charge in [-0.2, -0.15) is 0 Å². The molecule has 0 aromatic heterocycles. The average molecular weight is 348 g/mol. The molecule has 0 aliphatic carbocycles. The molecule has 0 aromatic carbocycles. The van der Waals surface area contributed by atoms with Crippen LogP contribution in [0, 0.1) is 0 Å². The second kappa shape index (κ2) is 42.8. The summed E-state index contributed by atoms with van der Waals surface area (Å²) < 4.78 is 28.0. The first-order valence-corrected chi connectivity index (χ1v) is 5.28. The molecule has 0 aliphatic heterocycles. The largest absolute Gasteiger partial charge is 1.00 e. The number of hydrogen-bond acceptors (Lipinski definition) is 8. The Morgan fingerprint density at radius 3 is 0.900 bits per heavy atom. The van der Waals surface area contributed by atoms with Crippen molar-refractivity contribution in [3.63, 3.8) is 0 Å². The van der Waals surface area contributed by atoms with Crippen LogP contribution in [-0.4, -0.2) is 73.5 Å². The molecule has 0 heterocycles. The van der Waals surface area contributed by atoms with Crippen LogP contribution in [0.5, 0.6) is 0 Å². The summed E-state index contributed by atoms with van der Waals surface area (Å²) in [7, 11) is 8.74. The molecule has 6 N–H and O–H groups in total. The zero-order valence-electron chi connectivity index (χ0n) is 13.4. The Balaban J connectivity index is -0.0000000185. The third-order valence-corrected chi connectivity index (χ3v) is 2.31. The quantitative estimate of drug-likeness (QED) is 0.455. The van der Waals surface area contributed by atoms with Crippen molar-refractivity contribution in [1.29, 1.82) is 0 Å². The molecule has 8 nitrogen and oxygen atoms in total. The van der Waals surface area contributed by atoms with Crippen molar-refractivity contribution in [2.45, 2.75) is 0 Å². The fourth-order valence-corrected chi connectivity index (χ4v) is 1.15. The Morgan fingerprint density at radius 2 is 0.900 bits per heavy atom. The van der Waals surface area contributed by atoms with Crippen molar-refractivity contribution < 1.29 is 56.6 Å². The van der Waals surface area contributed by atoms with E-state index in [1.54, 1.807) is 21.3 Å². The van der Waals surface area contributed by atoms with Crippen LogP contribution in [0.1, 0.15) is 0 Å². The molecule has 14 heteroatoms. The Hall–Kier alpha value is 1.52. The van der Waals surface area contributed by atoms with Crippen molar-refractivity contribution in [1.82, 2.24) is 12.3 Å². The van der Waals surface area contributed by atoms with E-state index in [4.69, 9.17) is 11.4 Å². The van der Waals surface area contributed by atoms with E-state index < -0.39 is 22.5 Å². The standard InChI is InChI=1S/C3H9BO3.3CH3O.Al.B.2ClH.Li.2H3N/c1-5-4(6-2)7-3;3*1-2;;;;;;;/h1-3H3;3*1H3;;;2*1H;;2*1H3/q;3*-1;+3;;;;+1;;/p-1. The summed E-state index contributed by atoms with van der Waals surface area (Å²) in [6, 6.07) is 0. The smallest absolute Gasteiger partial charge is 1.00 e. The van der Waals surface area contributed by atoms with Crippen LogP contribution in [0.3, 0.4) is 0 Å². The van der Waals surface area contributed by atoms with Crippen LogP contribution >= 0.6 is 12.4 Å². The Bertz CT molecular complexity index is 104. The second-order valence-corrected chi connectivity index (χ2v) is 3.98. The number of halogens is 2. The monoisotopic (exact) mass is 347 g/mol. The topological polar surface area (TPSA) is 125 Å². The van der Waals surface area contributed by atoms with E-state index in [-0.39, 0.29) is 64.4 Å². The van der Waals surface area contributed by atoms with Gasteiger partial charge in [-0.15, -0.1) is 12.4 Å². The van der Waals surface area contributed by atoms with E-state index in [2.05, 4.69) is 14.0 Å². The molecule has 0 spiro atoms. The number of hydrogen-bond donors (Lipinski definition) is 2.